The van der Waals surface area contributed by atoms with Crippen LogP contribution in [0, 0.1) is 17.3 Å². The highest BCUT2D eigenvalue weighted by atomic mass is 16.7. The number of hydrogen-bond donors (Lipinski definition) is 0. The van der Waals surface area contributed by atoms with Gasteiger partial charge in [-0.25, -0.2) is 0 Å². The molecule has 4 aliphatic carbocycles. The fourth-order valence-corrected chi connectivity index (χ4v) is 6.20. The lowest BCUT2D eigenvalue weighted by molar-refractivity contribution is -0.330. The minimum atomic E-state index is -1.80. The highest BCUT2D eigenvalue weighted by Crippen LogP contribution is 2.69. The summed E-state index contributed by atoms with van der Waals surface area (Å²) in [5.74, 6) is -5.98. The molecule has 1 unspecified atom stereocenters. The zero-order chi connectivity index (χ0) is 23.9. The molecule has 0 saturated heterocycles. The Morgan fingerprint density at radius 3 is 1.91 bits per heavy atom. The summed E-state index contributed by atoms with van der Waals surface area (Å²) in [6.45, 7) is 7.77. The van der Waals surface area contributed by atoms with E-state index in [1.165, 1.54) is 42.7 Å². The van der Waals surface area contributed by atoms with Gasteiger partial charge in [0.25, 0.3) is 5.78 Å². The summed E-state index contributed by atoms with van der Waals surface area (Å²) in [5, 5.41) is 0. The van der Waals surface area contributed by atoms with Crippen molar-refractivity contribution < 1.29 is 38.0 Å². The third-order valence-corrected chi connectivity index (χ3v) is 7.39. The van der Waals surface area contributed by atoms with Gasteiger partial charge in [0.1, 0.15) is 0 Å². The lowest BCUT2D eigenvalue weighted by atomic mass is 9.41. The lowest BCUT2D eigenvalue weighted by Gasteiger charge is -2.67. The number of ketones is 2. The molecule has 176 valence electrons. The maximum atomic E-state index is 14.2. The van der Waals surface area contributed by atoms with E-state index in [-0.39, 0.29) is 12.2 Å². The minimum absolute atomic E-state index is 0.0164. The van der Waals surface area contributed by atoms with Crippen molar-refractivity contribution in [2.75, 3.05) is 42.7 Å². The number of rotatable bonds is 10. The average Bonchev–Trinajstić information content (AvgIpc) is 2.81. The standard InChI is InChI=1S/C24H32O8/c1-9-11-15-13-22(28-4)20(26)23(29-5,30-6)17(15)18-21(22,12-10-2)14-16(27-3)19(25)24(18,31-7)32-8/h9-10,13-14,17-18H,1-2,11-12H2,3-8H3/t17?,18-,21-,22-/m0/s1. The number of hydrogen-bond acceptors (Lipinski definition) is 8. The molecule has 0 aromatic rings. The first-order valence-corrected chi connectivity index (χ1v) is 10.3. The van der Waals surface area contributed by atoms with Crippen LogP contribution in [-0.4, -0.2) is 71.4 Å². The normalized spacial score (nSPS) is 34.4. The van der Waals surface area contributed by atoms with Crippen LogP contribution in [0.2, 0.25) is 0 Å². The van der Waals surface area contributed by atoms with Crippen LogP contribution in [0.5, 0.6) is 0 Å². The number of fused-ring (bicyclic) bond motifs is 1. The van der Waals surface area contributed by atoms with Crippen LogP contribution >= 0.6 is 0 Å². The largest absolute Gasteiger partial charge is 0.493 e. The van der Waals surface area contributed by atoms with Crippen LogP contribution < -0.4 is 0 Å². The van der Waals surface area contributed by atoms with Crippen molar-refractivity contribution in [3.05, 3.63) is 48.8 Å². The molecule has 4 rings (SSSR count). The minimum Gasteiger partial charge on any atom is -0.493 e. The van der Waals surface area contributed by atoms with Gasteiger partial charge in [0.15, 0.2) is 11.4 Å². The van der Waals surface area contributed by atoms with E-state index in [1.54, 1.807) is 24.3 Å². The quantitative estimate of drug-likeness (QED) is 0.372. The van der Waals surface area contributed by atoms with E-state index >= 15 is 0 Å². The Labute approximate surface area is 188 Å². The molecule has 0 aliphatic heterocycles. The van der Waals surface area contributed by atoms with E-state index in [0.717, 1.165) is 5.57 Å². The third kappa shape index (κ3) is 2.55. The van der Waals surface area contributed by atoms with Crippen LogP contribution in [0.15, 0.2) is 48.8 Å². The number of Topliss-reactive ketones (excluding diaryl/α,β-unsaturated/α-hetero) is 2. The van der Waals surface area contributed by atoms with Crippen molar-refractivity contribution in [3.63, 3.8) is 0 Å². The van der Waals surface area contributed by atoms with Crippen LogP contribution in [0.1, 0.15) is 12.8 Å². The number of carbonyl (C=O) groups excluding carboxylic acids is 2. The van der Waals surface area contributed by atoms with E-state index in [2.05, 4.69) is 13.2 Å². The number of methoxy groups -OCH3 is 6. The summed E-state index contributed by atoms with van der Waals surface area (Å²) in [6.07, 6.45) is 7.53. The SMILES string of the molecule is C=CCC1=C[C@]2(OC)C(=O)C(OC)(OC)C1[C@@H]1C(OC)(OC)C(=O)C(OC)=C[C@@]12CC=C. The Morgan fingerprint density at radius 2 is 1.47 bits per heavy atom. The highest BCUT2D eigenvalue weighted by Gasteiger charge is 2.82. The molecule has 8 heteroatoms. The monoisotopic (exact) mass is 448 g/mol. The van der Waals surface area contributed by atoms with Gasteiger partial charge in [-0.2, -0.15) is 0 Å². The Bertz CT molecular complexity index is 878. The summed E-state index contributed by atoms with van der Waals surface area (Å²) in [4.78, 5) is 27.8. The Kier molecular flexibility index (Phi) is 6.40. The molecule has 0 radical (unpaired) electrons. The molecular weight excluding hydrogens is 416 g/mol. The van der Waals surface area contributed by atoms with Crippen molar-refractivity contribution in [1.82, 2.24) is 0 Å². The topological polar surface area (TPSA) is 89.5 Å². The number of carbonyl (C=O) groups is 2. The summed E-state index contributed by atoms with van der Waals surface area (Å²) in [7, 11) is 8.41. The predicted octanol–water partition coefficient (Wildman–Crippen LogP) is 2.36. The summed E-state index contributed by atoms with van der Waals surface area (Å²) in [6, 6.07) is 0. The van der Waals surface area contributed by atoms with Crippen molar-refractivity contribution in [1.29, 1.82) is 0 Å². The van der Waals surface area contributed by atoms with Crippen molar-refractivity contribution in [2.45, 2.75) is 30.0 Å². The first-order valence-electron chi connectivity index (χ1n) is 10.3. The maximum Gasteiger partial charge on any atom is 0.256 e. The van der Waals surface area contributed by atoms with Crippen molar-refractivity contribution >= 4 is 11.6 Å². The van der Waals surface area contributed by atoms with E-state index in [0.29, 0.717) is 6.42 Å². The smallest absolute Gasteiger partial charge is 0.256 e. The molecule has 0 N–H and O–H groups in total. The molecule has 8 nitrogen and oxygen atoms in total. The first-order chi connectivity index (χ1) is 15.3. The van der Waals surface area contributed by atoms with E-state index in [4.69, 9.17) is 28.4 Å². The van der Waals surface area contributed by atoms with Crippen LogP contribution in [-0.2, 0) is 38.0 Å². The Hall–Kier alpha value is -2.10. The van der Waals surface area contributed by atoms with Gasteiger partial charge in [0.05, 0.1) is 13.0 Å². The zero-order valence-corrected chi connectivity index (χ0v) is 19.6. The molecule has 1 saturated carbocycles. The van der Waals surface area contributed by atoms with Crippen molar-refractivity contribution in [3.8, 4) is 0 Å². The molecule has 0 heterocycles. The summed E-state index contributed by atoms with van der Waals surface area (Å²) >= 11 is 0. The second-order valence-electron chi connectivity index (χ2n) is 8.16. The van der Waals surface area contributed by atoms with Gasteiger partial charge in [-0.3, -0.25) is 9.59 Å². The van der Waals surface area contributed by atoms with E-state index < -0.39 is 46.0 Å². The van der Waals surface area contributed by atoms with Gasteiger partial charge >= 0.3 is 0 Å². The van der Waals surface area contributed by atoms with Crippen LogP contribution in [0.4, 0.5) is 0 Å². The maximum absolute atomic E-state index is 14.2. The van der Waals surface area contributed by atoms with Gasteiger partial charge in [-0.15, -0.1) is 13.2 Å². The Morgan fingerprint density at radius 1 is 0.875 bits per heavy atom. The lowest BCUT2D eigenvalue weighted by Crippen LogP contribution is -2.81. The highest BCUT2D eigenvalue weighted by molar-refractivity contribution is 6.05. The van der Waals surface area contributed by atoms with Gasteiger partial charge in [-0.1, -0.05) is 17.7 Å². The molecule has 32 heavy (non-hydrogen) atoms. The molecule has 4 aliphatic rings. The fraction of sp³-hybridized carbons (Fsp3) is 0.583. The number of allylic oxidation sites excluding steroid dienone is 2. The van der Waals surface area contributed by atoms with E-state index in [1.807, 2.05) is 0 Å². The third-order valence-electron chi connectivity index (χ3n) is 7.39. The first kappa shape index (κ1) is 24.5. The van der Waals surface area contributed by atoms with Crippen molar-refractivity contribution in [2.24, 2.45) is 17.3 Å². The fourth-order valence-electron chi connectivity index (χ4n) is 6.20. The molecule has 4 atom stereocenters. The zero-order valence-electron chi connectivity index (χ0n) is 19.6. The number of ether oxygens (including phenoxy) is 6. The summed E-state index contributed by atoms with van der Waals surface area (Å²) in [5.41, 5.74) is -1.95. The van der Waals surface area contributed by atoms with E-state index in [9.17, 15) is 9.59 Å². The van der Waals surface area contributed by atoms with Gasteiger partial charge in [0, 0.05) is 46.9 Å². The van der Waals surface area contributed by atoms with Gasteiger partial charge in [-0.05, 0) is 25.0 Å². The molecular formula is C24H32O8. The molecule has 0 spiro atoms. The van der Waals surface area contributed by atoms with Gasteiger partial charge in [0.2, 0.25) is 17.4 Å². The van der Waals surface area contributed by atoms with Crippen LogP contribution in [0.3, 0.4) is 0 Å². The predicted molar refractivity (Wildman–Crippen MR) is 115 cm³/mol. The summed E-state index contributed by atoms with van der Waals surface area (Å²) < 4.78 is 34.8. The molecule has 0 amide bonds. The Balaban J connectivity index is 2.57. The second kappa shape index (κ2) is 8.35. The molecule has 0 aromatic heterocycles. The van der Waals surface area contributed by atoms with Gasteiger partial charge < -0.3 is 28.4 Å². The second-order valence-corrected chi connectivity index (χ2v) is 8.16. The average molecular weight is 449 g/mol. The van der Waals surface area contributed by atoms with Crippen LogP contribution in [0.25, 0.3) is 0 Å². The molecule has 1 fully saturated rings. The molecule has 0 aromatic carbocycles. The molecule has 2 bridgehead atoms.